The molecule has 0 bridgehead atoms. The van der Waals surface area contributed by atoms with Gasteiger partial charge >= 0.3 is 0 Å². The van der Waals surface area contributed by atoms with Crippen LogP contribution in [0.2, 0.25) is 0 Å². The lowest BCUT2D eigenvalue weighted by Gasteiger charge is -2.26. The molecule has 1 aliphatic carbocycles. The normalized spacial score (nSPS) is 19.2. The number of hydrogen-bond acceptors (Lipinski definition) is 6. The molecule has 1 saturated carbocycles. The quantitative estimate of drug-likeness (QED) is 0.436. The van der Waals surface area contributed by atoms with Gasteiger partial charge in [-0.15, -0.1) is 0 Å². The van der Waals surface area contributed by atoms with Gasteiger partial charge in [-0.3, -0.25) is 4.79 Å². The third-order valence-corrected chi connectivity index (χ3v) is 5.96. The molecule has 0 aliphatic heterocycles. The van der Waals surface area contributed by atoms with Crippen LogP contribution in [0.4, 0.5) is 11.5 Å². The number of nitrogens with zero attached hydrogens (tertiary/aromatic N) is 2. The van der Waals surface area contributed by atoms with Crippen molar-refractivity contribution in [3.05, 3.63) is 72.1 Å². The fourth-order valence-electron chi connectivity index (χ4n) is 3.98. The molecule has 1 atom stereocenters. The summed E-state index contributed by atoms with van der Waals surface area (Å²) in [6.07, 6.45) is 4.85. The first kappa shape index (κ1) is 21.8. The van der Waals surface area contributed by atoms with Crippen LogP contribution in [0.1, 0.15) is 54.9 Å². The van der Waals surface area contributed by atoms with Gasteiger partial charge in [0.2, 0.25) is 0 Å². The summed E-state index contributed by atoms with van der Waals surface area (Å²) in [6, 6.07) is 16.8. The third-order valence-electron chi connectivity index (χ3n) is 5.96. The second kappa shape index (κ2) is 9.78. The predicted octanol–water partition coefficient (Wildman–Crippen LogP) is 4.14. The topological polar surface area (TPSA) is 113 Å². The maximum Gasteiger partial charge on any atom is 0.251 e. The van der Waals surface area contributed by atoms with Gasteiger partial charge in [-0.1, -0.05) is 37.3 Å². The highest BCUT2D eigenvalue weighted by Gasteiger charge is 2.20. The fourth-order valence-corrected chi connectivity index (χ4v) is 3.98. The maximum absolute atomic E-state index is 12.6. The molecule has 32 heavy (non-hydrogen) atoms. The minimum absolute atomic E-state index is 0.0531. The highest BCUT2D eigenvalue weighted by Crippen LogP contribution is 2.25. The number of aliphatic hydroxyl groups is 1. The number of benzene rings is 2. The van der Waals surface area contributed by atoms with Gasteiger partial charge in [-0.05, 0) is 55.9 Å². The Morgan fingerprint density at radius 1 is 1.06 bits per heavy atom. The highest BCUT2D eigenvalue weighted by atomic mass is 16.3. The van der Waals surface area contributed by atoms with E-state index in [2.05, 4.69) is 27.5 Å². The Labute approximate surface area is 188 Å². The minimum atomic E-state index is -1.10. The first-order valence-electron chi connectivity index (χ1n) is 11.0. The molecule has 1 heterocycles. The number of rotatable bonds is 6. The molecule has 1 unspecified atom stereocenters. The van der Waals surface area contributed by atoms with Crippen LogP contribution in [-0.2, 0) is 0 Å². The average Bonchev–Trinajstić information content (AvgIpc) is 2.81. The number of amides is 1. The summed E-state index contributed by atoms with van der Waals surface area (Å²) in [5.74, 6) is 0.847. The van der Waals surface area contributed by atoms with Crippen molar-refractivity contribution in [2.24, 2.45) is 5.92 Å². The molecule has 3 aromatic rings. The molecule has 1 amide bonds. The summed E-state index contributed by atoms with van der Waals surface area (Å²) in [4.78, 5) is 21.3. The number of aromatic nitrogens is 2. The zero-order chi connectivity index (χ0) is 22.5. The molecule has 1 aromatic heterocycles. The van der Waals surface area contributed by atoms with Gasteiger partial charge in [0.1, 0.15) is 11.5 Å². The standard InChI is InChI=1S/C25H29N5O2/c1-16-7-13-20(14-8-16)28-24(31)18-11-9-17(10-12-18)21-15-27-23(26)22(30-21)25(32)29-19-5-3-2-4-6-19/h2-6,9-12,15-16,20,25,29,32H,7-8,13-14H2,1H3,(H2,26,27)(H,28,31). The van der Waals surface area contributed by atoms with Gasteiger partial charge in [-0.25, -0.2) is 9.97 Å². The molecule has 5 N–H and O–H groups in total. The Morgan fingerprint density at radius 2 is 1.75 bits per heavy atom. The van der Waals surface area contributed by atoms with Crippen molar-refractivity contribution in [3.63, 3.8) is 0 Å². The van der Waals surface area contributed by atoms with Gasteiger partial charge in [0.25, 0.3) is 5.91 Å². The van der Waals surface area contributed by atoms with Crippen molar-refractivity contribution in [1.29, 1.82) is 0 Å². The number of carbonyl (C=O) groups is 1. The number of anilines is 2. The summed E-state index contributed by atoms with van der Waals surface area (Å²) >= 11 is 0. The Bertz CT molecular complexity index is 1050. The van der Waals surface area contributed by atoms with E-state index in [0.717, 1.165) is 42.9 Å². The number of carbonyl (C=O) groups excluding carboxylic acids is 1. The fraction of sp³-hybridized carbons (Fsp3) is 0.320. The molecule has 1 fully saturated rings. The van der Waals surface area contributed by atoms with Crippen LogP contribution in [0.5, 0.6) is 0 Å². The van der Waals surface area contributed by atoms with Crippen LogP contribution in [0.3, 0.4) is 0 Å². The van der Waals surface area contributed by atoms with Crippen LogP contribution in [0.15, 0.2) is 60.8 Å². The number of para-hydroxylation sites is 1. The van der Waals surface area contributed by atoms with Gasteiger partial charge in [0.05, 0.1) is 11.9 Å². The molecule has 166 valence electrons. The van der Waals surface area contributed by atoms with E-state index in [0.29, 0.717) is 11.3 Å². The summed E-state index contributed by atoms with van der Waals surface area (Å²) in [6.45, 7) is 2.26. The molecule has 0 saturated heterocycles. The van der Waals surface area contributed by atoms with Crippen LogP contribution in [0, 0.1) is 5.92 Å². The molecule has 4 rings (SSSR count). The minimum Gasteiger partial charge on any atom is -0.382 e. The Kier molecular flexibility index (Phi) is 6.66. The van der Waals surface area contributed by atoms with E-state index < -0.39 is 6.23 Å². The van der Waals surface area contributed by atoms with Crippen molar-refractivity contribution in [2.45, 2.75) is 44.9 Å². The summed E-state index contributed by atoms with van der Waals surface area (Å²) in [5, 5.41) is 16.7. The van der Waals surface area contributed by atoms with Gasteiger partial charge in [-0.2, -0.15) is 0 Å². The molecule has 0 radical (unpaired) electrons. The molecule has 1 aliphatic rings. The average molecular weight is 432 g/mol. The van der Waals surface area contributed by atoms with Gasteiger partial charge in [0, 0.05) is 22.9 Å². The van der Waals surface area contributed by atoms with Crippen molar-refractivity contribution < 1.29 is 9.90 Å². The Hall–Kier alpha value is -3.45. The molecular formula is C25H29N5O2. The van der Waals surface area contributed by atoms with Crippen molar-refractivity contribution in [2.75, 3.05) is 11.1 Å². The smallest absolute Gasteiger partial charge is 0.251 e. The van der Waals surface area contributed by atoms with Gasteiger partial charge in [0.15, 0.2) is 6.23 Å². The zero-order valence-electron chi connectivity index (χ0n) is 18.2. The van der Waals surface area contributed by atoms with E-state index in [-0.39, 0.29) is 23.5 Å². The number of nitrogens with one attached hydrogen (secondary N) is 2. The van der Waals surface area contributed by atoms with Crippen molar-refractivity contribution >= 4 is 17.4 Å². The lowest BCUT2D eigenvalue weighted by molar-refractivity contribution is 0.0923. The SMILES string of the molecule is CC1CCC(NC(=O)c2ccc(-c3cnc(N)c(C(O)Nc4ccccc4)n3)cc2)CC1. The number of aliphatic hydroxyl groups excluding tert-OH is 1. The Balaban J connectivity index is 1.45. The summed E-state index contributed by atoms with van der Waals surface area (Å²) in [5.41, 5.74) is 8.92. The van der Waals surface area contributed by atoms with E-state index in [1.807, 2.05) is 42.5 Å². The van der Waals surface area contributed by atoms with Crippen LogP contribution in [0.25, 0.3) is 11.3 Å². The second-order valence-electron chi connectivity index (χ2n) is 8.45. The predicted molar refractivity (Wildman–Crippen MR) is 126 cm³/mol. The lowest BCUT2D eigenvalue weighted by Crippen LogP contribution is -2.37. The zero-order valence-corrected chi connectivity index (χ0v) is 18.2. The first-order chi connectivity index (χ1) is 15.5. The summed E-state index contributed by atoms with van der Waals surface area (Å²) in [7, 11) is 0. The monoisotopic (exact) mass is 431 g/mol. The first-order valence-corrected chi connectivity index (χ1v) is 11.0. The largest absolute Gasteiger partial charge is 0.382 e. The van der Waals surface area contributed by atoms with E-state index in [4.69, 9.17) is 5.73 Å². The number of hydrogen-bond donors (Lipinski definition) is 4. The van der Waals surface area contributed by atoms with E-state index in [9.17, 15) is 9.90 Å². The number of nitrogens with two attached hydrogens (primary N) is 1. The number of nitrogen functional groups attached to an aromatic ring is 1. The van der Waals surface area contributed by atoms with Crippen molar-refractivity contribution in [3.8, 4) is 11.3 Å². The van der Waals surface area contributed by atoms with Crippen molar-refractivity contribution in [1.82, 2.24) is 15.3 Å². The van der Waals surface area contributed by atoms with Gasteiger partial charge < -0.3 is 21.5 Å². The molecule has 7 heteroatoms. The Morgan fingerprint density at radius 3 is 2.44 bits per heavy atom. The molecule has 0 spiro atoms. The summed E-state index contributed by atoms with van der Waals surface area (Å²) < 4.78 is 0. The lowest BCUT2D eigenvalue weighted by atomic mass is 9.87. The maximum atomic E-state index is 12.6. The molecule has 2 aromatic carbocycles. The molecule has 7 nitrogen and oxygen atoms in total. The second-order valence-corrected chi connectivity index (χ2v) is 8.45. The third kappa shape index (κ3) is 5.23. The highest BCUT2D eigenvalue weighted by molar-refractivity contribution is 5.94. The molecular weight excluding hydrogens is 402 g/mol. The van der Waals surface area contributed by atoms with Crippen LogP contribution in [-0.4, -0.2) is 27.0 Å². The van der Waals surface area contributed by atoms with E-state index in [1.54, 1.807) is 18.3 Å². The van der Waals surface area contributed by atoms with E-state index in [1.165, 1.54) is 0 Å². The van der Waals surface area contributed by atoms with E-state index >= 15 is 0 Å². The van der Waals surface area contributed by atoms with Crippen LogP contribution >= 0.6 is 0 Å². The van der Waals surface area contributed by atoms with Crippen LogP contribution < -0.4 is 16.4 Å².